The van der Waals surface area contributed by atoms with Crippen molar-refractivity contribution in [1.82, 2.24) is 10.2 Å². The van der Waals surface area contributed by atoms with Gasteiger partial charge in [-0.1, -0.05) is 6.42 Å². The molecule has 100 valence electrons. The average molecular weight is 241 g/mol. The van der Waals surface area contributed by atoms with E-state index in [1.54, 1.807) is 0 Å². The molecule has 1 atom stereocenters. The van der Waals surface area contributed by atoms with Gasteiger partial charge >= 0.3 is 0 Å². The number of amides is 1. The summed E-state index contributed by atoms with van der Waals surface area (Å²) in [6, 6.07) is 0.837. The van der Waals surface area contributed by atoms with E-state index < -0.39 is 0 Å². The van der Waals surface area contributed by atoms with Crippen molar-refractivity contribution in [2.45, 2.75) is 58.0 Å². The van der Waals surface area contributed by atoms with E-state index in [9.17, 15) is 4.79 Å². The van der Waals surface area contributed by atoms with Crippen LogP contribution in [0.4, 0.5) is 0 Å². The molecule has 1 rings (SSSR count). The van der Waals surface area contributed by atoms with Crippen LogP contribution in [0.15, 0.2) is 0 Å². The average Bonchev–Trinajstić information content (AvgIpc) is 2.27. The molecule has 1 aliphatic heterocycles. The Morgan fingerprint density at radius 1 is 1.47 bits per heavy atom. The molecule has 1 unspecified atom stereocenters. The summed E-state index contributed by atoms with van der Waals surface area (Å²) < 4.78 is 0. The monoisotopic (exact) mass is 241 g/mol. The second-order valence-corrected chi connectivity index (χ2v) is 5.24. The van der Waals surface area contributed by atoms with Crippen LogP contribution in [0.5, 0.6) is 0 Å². The summed E-state index contributed by atoms with van der Waals surface area (Å²) in [7, 11) is 0. The zero-order valence-corrected chi connectivity index (χ0v) is 11.2. The molecule has 0 saturated carbocycles. The summed E-state index contributed by atoms with van der Waals surface area (Å²) in [5, 5.41) is 2.94. The maximum atomic E-state index is 11.6. The third-order valence-electron chi connectivity index (χ3n) is 3.32. The van der Waals surface area contributed by atoms with E-state index in [4.69, 9.17) is 5.73 Å². The molecule has 1 amide bonds. The summed E-state index contributed by atoms with van der Waals surface area (Å²) in [5.74, 6) is 0.164. The van der Waals surface area contributed by atoms with Crippen molar-refractivity contribution in [2.24, 2.45) is 5.73 Å². The van der Waals surface area contributed by atoms with Gasteiger partial charge in [-0.15, -0.1) is 0 Å². The van der Waals surface area contributed by atoms with Crippen molar-refractivity contribution in [3.63, 3.8) is 0 Å². The Hall–Kier alpha value is -0.610. The lowest BCUT2D eigenvalue weighted by atomic mass is 9.99. The second-order valence-electron chi connectivity index (χ2n) is 5.24. The second kappa shape index (κ2) is 7.67. The van der Waals surface area contributed by atoms with Crippen LogP contribution in [0.25, 0.3) is 0 Å². The molecular weight excluding hydrogens is 214 g/mol. The number of nitrogens with one attached hydrogen (secondary N) is 1. The Bertz CT molecular complexity index is 229. The van der Waals surface area contributed by atoms with Crippen LogP contribution in [0.2, 0.25) is 0 Å². The molecule has 0 spiro atoms. The van der Waals surface area contributed by atoms with Gasteiger partial charge in [0.05, 0.1) is 0 Å². The van der Waals surface area contributed by atoms with Gasteiger partial charge in [0.25, 0.3) is 0 Å². The molecule has 0 aromatic heterocycles. The number of piperidine rings is 1. The van der Waals surface area contributed by atoms with Crippen molar-refractivity contribution >= 4 is 5.91 Å². The molecule has 0 aliphatic carbocycles. The minimum atomic E-state index is 0.164. The summed E-state index contributed by atoms with van der Waals surface area (Å²) in [4.78, 5) is 14.0. The molecule has 3 N–H and O–H groups in total. The first kappa shape index (κ1) is 14.5. The van der Waals surface area contributed by atoms with Crippen molar-refractivity contribution in [3.05, 3.63) is 0 Å². The van der Waals surface area contributed by atoms with Crippen LogP contribution in [0.1, 0.15) is 46.0 Å². The molecule has 4 heteroatoms. The van der Waals surface area contributed by atoms with Crippen LogP contribution >= 0.6 is 0 Å². The molecule has 1 heterocycles. The fraction of sp³-hybridized carbons (Fsp3) is 0.923. The first-order valence-corrected chi connectivity index (χ1v) is 6.87. The molecule has 0 bridgehead atoms. The molecule has 1 saturated heterocycles. The minimum Gasteiger partial charge on any atom is -0.354 e. The Kier molecular flexibility index (Phi) is 6.52. The zero-order valence-electron chi connectivity index (χ0n) is 11.2. The maximum Gasteiger partial charge on any atom is 0.221 e. The highest BCUT2D eigenvalue weighted by atomic mass is 16.1. The summed E-state index contributed by atoms with van der Waals surface area (Å²) in [5.41, 5.74) is 5.64. The van der Waals surface area contributed by atoms with E-state index in [0.29, 0.717) is 12.5 Å². The fourth-order valence-electron chi connectivity index (χ4n) is 2.51. The number of nitrogens with zero attached hydrogens (tertiary/aromatic N) is 1. The molecule has 0 aromatic carbocycles. The number of hydrogen-bond donors (Lipinski definition) is 2. The first-order chi connectivity index (χ1) is 8.13. The Morgan fingerprint density at radius 2 is 2.24 bits per heavy atom. The largest absolute Gasteiger partial charge is 0.354 e. The normalized spacial score (nSPS) is 21.8. The Balaban J connectivity index is 2.30. The lowest BCUT2D eigenvalue weighted by Gasteiger charge is -2.35. The Labute approximate surface area is 105 Å². The SMILES string of the molecule is CC(C)NC(=O)CCN1CCCCC1CCN. The van der Waals surface area contributed by atoms with Crippen molar-refractivity contribution < 1.29 is 4.79 Å². The van der Waals surface area contributed by atoms with Crippen molar-refractivity contribution in [2.75, 3.05) is 19.6 Å². The van der Waals surface area contributed by atoms with Crippen LogP contribution in [0.3, 0.4) is 0 Å². The predicted octanol–water partition coefficient (Wildman–Crippen LogP) is 1.10. The van der Waals surface area contributed by atoms with E-state index in [2.05, 4.69) is 10.2 Å². The smallest absolute Gasteiger partial charge is 0.221 e. The lowest BCUT2D eigenvalue weighted by molar-refractivity contribution is -0.122. The maximum absolute atomic E-state index is 11.6. The molecule has 0 aromatic rings. The van der Waals surface area contributed by atoms with Crippen molar-refractivity contribution in [1.29, 1.82) is 0 Å². The van der Waals surface area contributed by atoms with E-state index in [1.807, 2.05) is 13.8 Å². The van der Waals surface area contributed by atoms with E-state index in [-0.39, 0.29) is 11.9 Å². The fourth-order valence-corrected chi connectivity index (χ4v) is 2.51. The van der Waals surface area contributed by atoms with E-state index in [0.717, 1.165) is 26.1 Å². The molecule has 1 aliphatic rings. The van der Waals surface area contributed by atoms with Crippen LogP contribution in [0, 0.1) is 0 Å². The van der Waals surface area contributed by atoms with Gasteiger partial charge in [0.2, 0.25) is 5.91 Å². The highest BCUT2D eigenvalue weighted by Crippen LogP contribution is 2.19. The number of carbonyl (C=O) groups is 1. The lowest BCUT2D eigenvalue weighted by Crippen LogP contribution is -2.43. The third-order valence-corrected chi connectivity index (χ3v) is 3.32. The van der Waals surface area contributed by atoms with Gasteiger partial charge in [0.1, 0.15) is 0 Å². The van der Waals surface area contributed by atoms with Gasteiger partial charge in [-0.05, 0) is 46.2 Å². The van der Waals surface area contributed by atoms with Gasteiger partial charge in [-0.25, -0.2) is 0 Å². The Morgan fingerprint density at radius 3 is 2.88 bits per heavy atom. The molecule has 1 fully saturated rings. The van der Waals surface area contributed by atoms with Crippen LogP contribution in [-0.2, 0) is 4.79 Å². The van der Waals surface area contributed by atoms with Gasteiger partial charge in [-0.2, -0.15) is 0 Å². The standard InChI is InChI=1S/C13H27N3O/c1-11(2)15-13(17)7-10-16-9-4-3-5-12(16)6-8-14/h11-12H,3-10,14H2,1-2H3,(H,15,17). The van der Waals surface area contributed by atoms with E-state index in [1.165, 1.54) is 19.3 Å². The van der Waals surface area contributed by atoms with Gasteiger partial charge in [0, 0.05) is 25.0 Å². The quantitative estimate of drug-likeness (QED) is 0.732. The van der Waals surface area contributed by atoms with Crippen molar-refractivity contribution in [3.8, 4) is 0 Å². The molecular formula is C13H27N3O. The van der Waals surface area contributed by atoms with Gasteiger partial charge < -0.3 is 11.1 Å². The number of nitrogens with two attached hydrogens (primary N) is 1. The molecule has 4 nitrogen and oxygen atoms in total. The minimum absolute atomic E-state index is 0.164. The number of rotatable bonds is 6. The van der Waals surface area contributed by atoms with Gasteiger partial charge in [0.15, 0.2) is 0 Å². The van der Waals surface area contributed by atoms with Crippen LogP contribution < -0.4 is 11.1 Å². The predicted molar refractivity (Wildman–Crippen MR) is 70.8 cm³/mol. The zero-order chi connectivity index (χ0) is 12.7. The summed E-state index contributed by atoms with van der Waals surface area (Å²) >= 11 is 0. The summed E-state index contributed by atoms with van der Waals surface area (Å²) in [6.07, 6.45) is 5.47. The topological polar surface area (TPSA) is 58.4 Å². The highest BCUT2D eigenvalue weighted by Gasteiger charge is 2.21. The van der Waals surface area contributed by atoms with Gasteiger partial charge in [-0.3, -0.25) is 9.69 Å². The first-order valence-electron chi connectivity index (χ1n) is 6.87. The number of carbonyl (C=O) groups excluding carboxylic acids is 1. The third kappa shape index (κ3) is 5.50. The molecule has 17 heavy (non-hydrogen) atoms. The van der Waals surface area contributed by atoms with Crippen LogP contribution in [-0.4, -0.2) is 42.5 Å². The number of hydrogen-bond acceptors (Lipinski definition) is 3. The number of likely N-dealkylation sites (tertiary alicyclic amines) is 1. The molecule has 0 radical (unpaired) electrons. The highest BCUT2D eigenvalue weighted by molar-refractivity contribution is 5.76. The summed E-state index contributed by atoms with van der Waals surface area (Å²) in [6.45, 7) is 6.74. The van der Waals surface area contributed by atoms with E-state index >= 15 is 0 Å².